The summed E-state index contributed by atoms with van der Waals surface area (Å²) in [5, 5.41) is 8.50. The molecule has 0 heterocycles. The van der Waals surface area contributed by atoms with Crippen molar-refractivity contribution >= 4 is 0 Å². The highest BCUT2D eigenvalue weighted by Gasteiger charge is 1.84. The van der Waals surface area contributed by atoms with Gasteiger partial charge in [0.1, 0.15) is 0 Å². The predicted octanol–water partition coefficient (Wildman–Crippen LogP) is 2.84. The fourth-order valence-corrected chi connectivity index (χ4v) is 0.877. The third kappa shape index (κ3) is 7.29. The fourth-order valence-electron chi connectivity index (χ4n) is 0.877. The van der Waals surface area contributed by atoms with Crippen LogP contribution in [0.2, 0.25) is 0 Å². The van der Waals surface area contributed by atoms with E-state index in [2.05, 4.69) is 19.2 Å². The Labute approximate surface area is 75.1 Å². The number of allylic oxidation sites excluding steroid dienone is 4. The first-order valence-corrected chi connectivity index (χ1v) is 4.37. The number of rotatable bonds is 7. The molecule has 12 heavy (non-hydrogen) atoms. The third-order valence-electron chi connectivity index (χ3n) is 1.54. The molecule has 0 aromatic heterocycles. The van der Waals surface area contributed by atoms with E-state index >= 15 is 0 Å². The van der Waals surface area contributed by atoms with Crippen LogP contribution in [0.1, 0.15) is 25.7 Å². The molecule has 0 saturated heterocycles. The summed E-state index contributed by atoms with van der Waals surface area (Å²) >= 11 is 0. The molecule has 0 rings (SSSR count). The number of aliphatic hydroxyl groups excluding tert-OH is 1. The summed E-state index contributed by atoms with van der Waals surface area (Å²) < 4.78 is 0. The molecule has 1 heteroatoms. The van der Waals surface area contributed by atoms with E-state index in [-0.39, 0.29) is 0 Å². The van der Waals surface area contributed by atoms with Crippen molar-refractivity contribution in [3.63, 3.8) is 0 Å². The van der Waals surface area contributed by atoms with Gasteiger partial charge in [-0.15, -0.1) is 6.58 Å². The van der Waals surface area contributed by atoms with E-state index in [1.54, 1.807) is 0 Å². The summed E-state index contributed by atoms with van der Waals surface area (Å²) in [6, 6.07) is 0. The van der Waals surface area contributed by atoms with Crippen molar-refractivity contribution in [2.24, 2.45) is 0 Å². The monoisotopic (exact) mass is 166 g/mol. The first-order chi connectivity index (χ1) is 5.81. The second-order valence-corrected chi connectivity index (χ2v) is 2.77. The maximum atomic E-state index is 8.50. The normalized spacial score (nSPS) is 10.4. The van der Waals surface area contributed by atoms with Crippen LogP contribution in [0.4, 0.5) is 0 Å². The second-order valence-electron chi connectivity index (χ2n) is 2.77. The minimum Gasteiger partial charge on any atom is -0.396 e. The number of hydrogen-bond donors (Lipinski definition) is 1. The minimum atomic E-state index is 0.293. The number of unbranched alkanes of at least 4 members (excludes halogenated alkanes) is 2. The zero-order valence-corrected chi connectivity index (χ0v) is 7.63. The molecule has 0 atom stereocenters. The second kappa shape index (κ2) is 8.28. The summed E-state index contributed by atoms with van der Waals surface area (Å²) in [5.41, 5.74) is 1.09. The standard InChI is InChI=1S/C11H18O/c1-3-8-11(2)9-6-4-5-7-10-12/h3,6,9,12H,1-2,4-5,7-8,10H2/b9-6+. The molecule has 0 unspecified atom stereocenters. The molecular formula is C11H18O. The highest BCUT2D eigenvalue weighted by molar-refractivity contribution is 5.16. The van der Waals surface area contributed by atoms with Gasteiger partial charge in [-0.1, -0.05) is 30.4 Å². The van der Waals surface area contributed by atoms with Gasteiger partial charge >= 0.3 is 0 Å². The first-order valence-electron chi connectivity index (χ1n) is 4.37. The fraction of sp³-hybridized carbons (Fsp3) is 0.455. The third-order valence-corrected chi connectivity index (χ3v) is 1.54. The van der Waals surface area contributed by atoms with Crippen molar-refractivity contribution in [3.8, 4) is 0 Å². The Hall–Kier alpha value is -0.820. The van der Waals surface area contributed by atoms with Gasteiger partial charge in [0, 0.05) is 6.61 Å². The zero-order chi connectivity index (χ0) is 9.23. The number of hydrogen-bond acceptors (Lipinski definition) is 1. The van der Waals surface area contributed by atoms with Gasteiger partial charge in [-0.3, -0.25) is 0 Å². The van der Waals surface area contributed by atoms with Crippen LogP contribution in [0.3, 0.4) is 0 Å². The lowest BCUT2D eigenvalue weighted by Crippen LogP contribution is -1.80. The molecular weight excluding hydrogens is 148 g/mol. The van der Waals surface area contributed by atoms with Gasteiger partial charge in [0.2, 0.25) is 0 Å². The lowest BCUT2D eigenvalue weighted by atomic mass is 10.1. The van der Waals surface area contributed by atoms with Crippen molar-refractivity contribution in [1.82, 2.24) is 0 Å². The molecule has 0 bridgehead atoms. The summed E-state index contributed by atoms with van der Waals surface area (Å²) in [6.07, 6.45) is 9.79. The summed E-state index contributed by atoms with van der Waals surface area (Å²) in [7, 11) is 0. The molecule has 0 aliphatic heterocycles. The molecule has 68 valence electrons. The van der Waals surface area contributed by atoms with Crippen LogP contribution in [0, 0.1) is 0 Å². The maximum Gasteiger partial charge on any atom is 0.0431 e. The molecule has 0 spiro atoms. The quantitative estimate of drug-likeness (QED) is 0.350. The van der Waals surface area contributed by atoms with E-state index in [0.29, 0.717) is 6.61 Å². The highest BCUT2D eigenvalue weighted by atomic mass is 16.2. The van der Waals surface area contributed by atoms with Gasteiger partial charge < -0.3 is 5.11 Å². The van der Waals surface area contributed by atoms with Crippen LogP contribution in [0.25, 0.3) is 0 Å². The van der Waals surface area contributed by atoms with Crippen molar-refractivity contribution < 1.29 is 5.11 Å². The zero-order valence-electron chi connectivity index (χ0n) is 7.63. The Kier molecular flexibility index (Phi) is 7.71. The van der Waals surface area contributed by atoms with Gasteiger partial charge in [0.25, 0.3) is 0 Å². The molecule has 1 N–H and O–H groups in total. The molecule has 0 amide bonds. The van der Waals surface area contributed by atoms with Crippen LogP contribution < -0.4 is 0 Å². The molecule has 0 fully saturated rings. The molecule has 0 saturated carbocycles. The van der Waals surface area contributed by atoms with E-state index in [9.17, 15) is 0 Å². The maximum absolute atomic E-state index is 8.50. The Morgan fingerprint density at radius 3 is 2.67 bits per heavy atom. The van der Waals surface area contributed by atoms with Gasteiger partial charge in [0.15, 0.2) is 0 Å². The minimum absolute atomic E-state index is 0.293. The van der Waals surface area contributed by atoms with E-state index < -0.39 is 0 Å². The lowest BCUT2D eigenvalue weighted by Gasteiger charge is -1.93. The van der Waals surface area contributed by atoms with E-state index in [1.807, 2.05) is 12.2 Å². The Morgan fingerprint density at radius 2 is 2.08 bits per heavy atom. The smallest absolute Gasteiger partial charge is 0.0431 e. The summed E-state index contributed by atoms with van der Waals surface area (Å²) in [4.78, 5) is 0. The Bertz CT molecular complexity index is 156. The SMILES string of the molecule is C=CCC(=C)/C=C/CCCCO. The van der Waals surface area contributed by atoms with E-state index in [1.165, 1.54) is 0 Å². The van der Waals surface area contributed by atoms with Crippen molar-refractivity contribution in [2.75, 3.05) is 6.61 Å². The van der Waals surface area contributed by atoms with Gasteiger partial charge in [0.05, 0.1) is 0 Å². The topological polar surface area (TPSA) is 20.2 Å². The van der Waals surface area contributed by atoms with Crippen molar-refractivity contribution in [2.45, 2.75) is 25.7 Å². The van der Waals surface area contributed by atoms with Crippen LogP contribution in [-0.4, -0.2) is 11.7 Å². The van der Waals surface area contributed by atoms with Crippen molar-refractivity contribution in [1.29, 1.82) is 0 Å². The van der Waals surface area contributed by atoms with Gasteiger partial charge in [-0.05, 0) is 25.7 Å². The van der Waals surface area contributed by atoms with Gasteiger partial charge in [-0.2, -0.15) is 0 Å². The summed E-state index contributed by atoms with van der Waals surface area (Å²) in [6.45, 7) is 7.78. The average molecular weight is 166 g/mol. The largest absolute Gasteiger partial charge is 0.396 e. The summed E-state index contributed by atoms with van der Waals surface area (Å²) in [5.74, 6) is 0. The number of aliphatic hydroxyl groups is 1. The van der Waals surface area contributed by atoms with Crippen LogP contribution in [0.15, 0.2) is 37.0 Å². The van der Waals surface area contributed by atoms with E-state index in [0.717, 1.165) is 31.3 Å². The molecule has 0 aromatic rings. The highest BCUT2D eigenvalue weighted by Crippen LogP contribution is 2.02. The first kappa shape index (κ1) is 11.2. The molecule has 0 aromatic carbocycles. The molecule has 0 aliphatic rings. The van der Waals surface area contributed by atoms with Crippen LogP contribution >= 0.6 is 0 Å². The predicted molar refractivity (Wildman–Crippen MR) is 54.0 cm³/mol. The van der Waals surface area contributed by atoms with Gasteiger partial charge in [-0.25, -0.2) is 0 Å². The van der Waals surface area contributed by atoms with E-state index in [4.69, 9.17) is 5.11 Å². The Balaban J connectivity index is 3.34. The molecule has 0 aliphatic carbocycles. The Morgan fingerprint density at radius 1 is 1.33 bits per heavy atom. The average Bonchev–Trinajstić information content (AvgIpc) is 2.05. The molecule has 0 radical (unpaired) electrons. The lowest BCUT2D eigenvalue weighted by molar-refractivity contribution is 0.285. The molecule has 1 nitrogen and oxygen atoms in total. The van der Waals surface area contributed by atoms with Crippen LogP contribution in [-0.2, 0) is 0 Å². The van der Waals surface area contributed by atoms with Crippen LogP contribution in [0.5, 0.6) is 0 Å². The van der Waals surface area contributed by atoms with Crippen molar-refractivity contribution in [3.05, 3.63) is 37.0 Å².